The van der Waals surface area contributed by atoms with Crippen molar-refractivity contribution in [2.75, 3.05) is 19.8 Å². The average Bonchev–Trinajstić information content (AvgIpc) is 2.53. The van der Waals surface area contributed by atoms with Gasteiger partial charge in [0.25, 0.3) is 0 Å². The summed E-state index contributed by atoms with van der Waals surface area (Å²) in [5.41, 5.74) is 3.49. The Labute approximate surface area is 129 Å². The van der Waals surface area contributed by atoms with Crippen LogP contribution in [0.3, 0.4) is 0 Å². The maximum atomic E-state index is 12.9. The molecule has 0 saturated heterocycles. The van der Waals surface area contributed by atoms with E-state index >= 15 is 0 Å². The molecule has 0 bridgehead atoms. The minimum Gasteiger partial charge on any atom is -0.376 e. The fourth-order valence-electron chi connectivity index (χ4n) is 2.71. The molecule has 2 heterocycles. The molecule has 2 aliphatic rings. The summed E-state index contributed by atoms with van der Waals surface area (Å²) in [6.45, 7) is 3.59. The van der Waals surface area contributed by atoms with Gasteiger partial charge in [0.2, 0.25) is 0 Å². The standard InChI is InChI=1S/C17H19FN2O2/c1-11(12-2-4-13(18)5-3-12)19-9-14-8-17(21)15-10-22-7-6-16(15)20-14/h2-5,11,19H,6-10H2,1H3/t11-/m1/s1. The number of aliphatic imine (C=N–C) groups is 1. The molecule has 0 unspecified atom stereocenters. The van der Waals surface area contributed by atoms with Crippen LogP contribution in [0.5, 0.6) is 0 Å². The monoisotopic (exact) mass is 302 g/mol. The van der Waals surface area contributed by atoms with E-state index in [4.69, 9.17) is 4.74 Å². The molecule has 116 valence electrons. The lowest BCUT2D eigenvalue weighted by Crippen LogP contribution is -2.31. The maximum absolute atomic E-state index is 12.9. The lowest BCUT2D eigenvalue weighted by molar-refractivity contribution is -0.115. The van der Waals surface area contributed by atoms with E-state index in [1.54, 1.807) is 12.1 Å². The molecule has 0 fully saturated rings. The van der Waals surface area contributed by atoms with Gasteiger partial charge in [-0.25, -0.2) is 4.39 Å². The number of hydrogen-bond acceptors (Lipinski definition) is 4. The number of benzene rings is 1. The lowest BCUT2D eigenvalue weighted by Gasteiger charge is -2.23. The van der Waals surface area contributed by atoms with E-state index in [0.29, 0.717) is 32.6 Å². The van der Waals surface area contributed by atoms with Crippen LogP contribution in [0.25, 0.3) is 0 Å². The van der Waals surface area contributed by atoms with Gasteiger partial charge in [0.05, 0.1) is 25.3 Å². The van der Waals surface area contributed by atoms with Gasteiger partial charge in [0.15, 0.2) is 5.78 Å². The van der Waals surface area contributed by atoms with Crippen LogP contribution in [-0.2, 0) is 9.53 Å². The van der Waals surface area contributed by atoms with Crippen molar-refractivity contribution in [3.05, 3.63) is 46.9 Å². The highest BCUT2D eigenvalue weighted by atomic mass is 19.1. The highest BCUT2D eigenvalue weighted by molar-refractivity contribution is 6.13. The van der Waals surface area contributed by atoms with Gasteiger partial charge in [-0.15, -0.1) is 0 Å². The Balaban J connectivity index is 1.64. The van der Waals surface area contributed by atoms with Crippen molar-refractivity contribution in [1.82, 2.24) is 5.32 Å². The molecule has 0 spiro atoms. The number of carbonyl (C=O) groups is 1. The minimum absolute atomic E-state index is 0.0727. The summed E-state index contributed by atoms with van der Waals surface area (Å²) in [6, 6.07) is 6.51. The van der Waals surface area contributed by atoms with Crippen molar-refractivity contribution in [2.45, 2.75) is 25.8 Å². The van der Waals surface area contributed by atoms with Gasteiger partial charge in [-0.1, -0.05) is 12.1 Å². The number of carbonyl (C=O) groups excluding carboxylic acids is 1. The first kappa shape index (κ1) is 15.1. The molecule has 3 rings (SSSR count). The first-order chi connectivity index (χ1) is 10.6. The lowest BCUT2D eigenvalue weighted by atomic mass is 9.98. The molecule has 2 aliphatic heterocycles. The Morgan fingerprint density at radius 2 is 2.14 bits per heavy atom. The third kappa shape index (κ3) is 3.31. The van der Waals surface area contributed by atoms with Crippen molar-refractivity contribution in [3.8, 4) is 0 Å². The minimum atomic E-state index is -0.239. The van der Waals surface area contributed by atoms with Crippen LogP contribution in [-0.4, -0.2) is 31.3 Å². The number of halogens is 1. The predicted octanol–water partition coefficient (Wildman–Crippen LogP) is 2.56. The van der Waals surface area contributed by atoms with Crippen molar-refractivity contribution in [3.63, 3.8) is 0 Å². The SMILES string of the molecule is C[C@@H](NCC1=NC2=C(COCC2)C(=O)C1)c1ccc(F)cc1. The van der Waals surface area contributed by atoms with Crippen molar-refractivity contribution >= 4 is 11.5 Å². The predicted molar refractivity (Wildman–Crippen MR) is 82.3 cm³/mol. The smallest absolute Gasteiger partial charge is 0.168 e. The van der Waals surface area contributed by atoms with Gasteiger partial charge in [-0.2, -0.15) is 0 Å². The second kappa shape index (κ2) is 6.50. The Bertz CT molecular complexity index is 635. The molecule has 0 aliphatic carbocycles. The molecule has 0 radical (unpaired) electrons. The van der Waals surface area contributed by atoms with Crippen LogP contribution in [0.2, 0.25) is 0 Å². The van der Waals surface area contributed by atoms with Crippen molar-refractivity contribution < 1.29 is 13.9 Å². The molecular weight excluding hydrogens is 283 g/mol. The molecule has 22 heavy (non-hydrogen) atoms. The van der Waals surface area contributed by atoms with Crippen LogP contribution < -0.4 is 5.32 Å². The number of ketones is 1. The number of hydrogen-bond donors (Lipinski definition) is 1. The molecule has 5 heteroatoms. The first-order valence-electron chi connectivity index (χ1n) is 7.52. The number of ether oxygens (including phenoxy) is 1. The van der Waals surface area contributed by atoms with Gasteiger partial charge in [-0.3, -0.25) is 9.79 Å². The third-order valence-corrected chi connectivity index (χ3v) is 4.05. The summed E-state index contributed by atoms with van der Waals surface area (Å²) in [6.07, 6.45) is 1.06. The molecule has 0 saturated carbocycles. The van der Waals surface area contributed by atoms with E-state index in [1.807, 2.05) is 6.92 Å². The zero-order valence-electron chi connectivity index (χ0n) is 12.6. The number of nitrogens with one attached hydrogen (secondary N) is 1. The zero-order valence-corrected chi connectivity index (χ0v) is 12.6. The van der Waals surface area contributed by atoms with Crippen molar-refractivity contribution in [1.29, 1.82) is 0 Å². The maximum Gasteiger partial charge on any atom is 0.168 e. The van der Waals surface area contributed by atoms with Crippen LogP contribution >= 0.6 is 0 Å². The second-order valence-corrected chi connectivity index (χ2v) is 5.66. The van der Waals surface area contributed by atoms with Gasteiger partial charge >= 0.3 is 0 Å². The molecule has 0 aromatic heterocycles. The quantitative estimate of drug-likeness (QED) is 0.930. The van der Waals surface area contributed by atoms with E-state index in [-0.39, 0.29) is 17.6 Å². The summed E-state index contributed by atoms with van der Waals surface area (Å²) in [7, 11) is 0. The second-order valence-electron chi connectivity index (χ2n) is 5.66. The molecule has 0 amide bonds. The molecular formula is C17H19FN2O2. The summed E-state index contributed by atoms with van der Waals surface area (Å²) >= 11 is 0. The first-order valence-corrected chi connectivity index (χ1v) is 7.52. The number of Topliss-reactive ketones (excluding diaryl/α,β-unsaturated/α-hetero) is 1. The van der Waals surface area contributed by atoms with Gasteiger partial charge in [0.1, 0.15) is 5.82 Å². The van der Waals surface area contributed by atoms with Crippen LogP contribution in [0.15, 0.2) is 40.5 Å². The summed E-state index contributed by atoms with van der Waals surface area (Å²) in [5.74, 6) is -0.117. The third-order valence-electron chi connectivity index (χ3n) is 4.05. The summed E-state index contributed by atoms with van der Waals surface area (Å²) in [4.78, 5) is 16.7. The summed E-state index contributed by atoms with van der Waals surface area (Å²) in [5, 5.41) is 3.34. The van der Waals surface area contributed by atoms with Gasteiger partial charge < -0.3 is 10.1 Å². The van der Waals surface area contributed by atoms with E-state index in [0.717, 1.165) is 22.5 Å². The highest BCUT2D eigenvalue weighted by Crippen LogP contribution is 2.23. The highest BCUT2D eigenvalue weighted by Gasteiger charge is 2.25. The van der Waals surface area contributed by atoms with Crippen LogP contribution in [0.4, 0.5) is 4.39 Å². The average molecular weight is 302 g/mol. The van der Waals surface area contributed by atoms with Gasteiger partial charge in [0, 0.05) is 30.3 Å². The van der Waals surface area contributed by atoms with Crippen LogP contribution in [0.1, 0.15) is 31.4 Å². The molecule has 1 aromatic rings. The molecule has 1 atom stereocenters. The van der Waals surface area contributed by atoms with E-state index in [9.17, 15) is 9.18 Å². The van der Waals surface area contributed by atoms with Gasteiger partial charge in [-0.05, 0) is 24.6 Å². The number of nitrogens with zero attached hydrogens (tertiary/aromatic N) is 1. The Hall–Kier alpha value is -1.85. The van der Waals surface area contributed by atoms with E-state index < -0.39 is 0 Å². The summed E-state index contributed by atoms with van der Waals surface area (Å²) < 4.78 is 18.3. The normalized spacial score (nSPS) is 19.7. The zero-order chi connectivity index (χ0) is 15.5. The molecule has 4 nitrogen and oxygen atoms in total. The van der Waals surface area contributed by atoms with E-state index in [2.05, 4.69) is 10.3 Å². The van der Waals surface area contributed by atoms with Crippen molar-refractivity contribution in [2.24, 2.45) is 4.99 Å². The molecule has 1 aromatic carbocycles. The number of rotatable bonds is 4. The fourth-order valence-corrected chi connectivity index (χ4v) is 2.71. The largest absolute Gasteiger partial charge is 0.376 e. The fraction of sp³-hybridized carbons (Fsp3) is 0.412. The van der Waals surface area contributed by atoms with E-state index in [1.165, 1.54) is 12.1 Å². The molecule has 1 N–H and O–H groups in total. The Kier molecular flexibility index (Phi) is 4.45. The Morgan fingerprint density at radius 3 is 2.91 bits per heavy atom. The topological polar surface area (TPSA) is 50.7 Å². The Morgan fingerprint density at radius 1 is 1.36 bits per heavy atom. The van der Waals surface area contributed by atoms with Crippen LogP contribution in [0, 0.1) is 5.82 Å².